The van der Waals surface area contributed by atoms with Crippen molar-refractivity contribution in [3.8, 4) is 0 Å². The van der Waals surface area contributed by atoms with E-state index in [-0.39, 0.29) is 36.3 Å². The number of aliphatic hydroxyl groups is 1. The van der Waals surface area contributed by atoms with Gasteiger partial charge in [-0.25, -0.2) is 9.97 Å². The highest BCUT2D eigenvalue weighted by Crippen LogP contribution is 2.44. The maximum absolute atomic E-state index is 13.4. The van der Waals surface area contributed by atoms with E-state index >= 15 is 0 Å². The Morgan fingerprint density at radius 1 is 1.12 bits per heavy atom. The number of β-amino-alcohol motifs (C(OH)–C–C–N with tert-alkyl or cyclic N) is 1. The molecule has 0 spiro atoms. The van der Waals surface area contributed by atoms with Crippen LogP contribution in [0, 0.1) is 11.8 Å². The Morgan fingerprint density at radius 2 is 1.93 bits per heavy atom. The zero-order chi connectivity index (χ0) is 27.8. The Kier molecular flexibility index (Phi) is 7.41. The van der Waals surface area contributed by atoms with Crippen LogP contribution in [-0.4, -0.2) is 98.9 Å². The number of nitrogens with zero attached hydrogens (tertiary/aromatic N) is 6. The Morgan fingerprint density at radius 3 is 2.70 bits per heavy atom. The summed E-state index contributed by atoms with van der Waals surface area (Å²) in [7, 11) is 1.42. The average Bonchev–Trinajstić information content (AvgIpc) is 2.96. The predicted octanol–water partition coefficient (Wildman–Crippen LogP) is 1.74. The summed E-state index contributed by atoms with van der Waals surface area (Å²) in [6.07, 6.45) is 4.28. The molecule has 4 aliphatic heterocycles. The summed E-state index contributed by atoms with van der Waals surface area (Å²) in [5.74, 6) is 0.903. The van der Waals surface area contributed by atoms with Gasteiger partial charge in [0, 0.05) is 44.8 Å². The van der Waals surface area contributed by atoms with Gasteiger partial charge in [-0.15, -0.1) is 0 Å². The van der Waals surface area contributed by atoms with Crippen molar-refractivity contribution in [2.75, 3.05) is 38.6 Å². The summed E-state index contributed by atoms with van der Waals surface area (Å²) < 4.78 is 0. The third kappa shape index (κ3) is 5.15. The van der Waals surface area contributed by atoms with Crippen LogP contribution in [0.25, 0.3) is 0 Å². The maximum Gasteiger partial charge on any atom is 0.272 e. The predicted molar refractivity (Wildman–Crippen MR) is 148 cm³/mol. The summed E-state index contributed by atoms with van der Waals surface area (Å²) in [4.78, 5) is 45.7. The first-order valence-corrected chi connectivity index (χ1v) is 14.2. The summed E-state index contributed by atoms with van der Waals surface area (Å²) in [6, 6.07) is 10.1. The lowest BCUT2D eigenvalue weighted by Crippen LogP contribution is -2.61. The first kappa shape index (κ1) is 26.6. The molecule has 1 aromatic carbocycles. The van der Waals surface area contributed by atoms with E-state index in [4.69, 9.17) is 4.84 Å². The molecule has 4 fully saturated rings. The van der Waals surface area contributed by atoms with E-state index in [0.717, 1.165) is 32.4 Å². The molecular weight excluding hydrogens is 510 g/mol. The summed E-state index contributed by atoms with van der Waals surface area (Å²) in [6.45, 7) is 4.85. The fraction of sp³-hybridized carbons (Fsp3) is 0.552. The Hall–Kier alpha value is -3.57. The number of fused-ring (bicyclic) bond motifs is 3. The number of rotatable bonds is 6. The summed E-state index contributed by atoms with van der Waals surface area (Å²) >= 11 is 0. The van der Waals surface area contributed by atoms with Crippen molar-refractivity contribution in [2.45, 2.75) is 57.5 Å². The number of hydrogen-bond acceptors (Lipinski definition) is 9. The smallest absolute Gasteiger partial charge is 0.272 e. The van der Waals surface area contributed by atoms with Gasteiger partial charge in [0.1, 0.15) is 36.8 Å². The Balaban J connectivity index is 1.10. The molecule has 2 aromatic rings. The molecule has 0 radical (unpaired) electrons. The van der Waals surface area contributed by atoms with Crippen molar-refractivity contribution in [3.63, 3.8) is 0 Å². The normalized spacial score (nSPS) is 28.4. The summed E-state index contributed by atoms with van der Waals surface area (Å²) in [5, 5.41) is 18.3. The molecule has 7 rings (SSSR count). The molecule has 11 heteroatoms. The van der Waals surface area contributed by atoms with Crippen molar-refractivity contribution in [2.24, 2.45) is 17.0 Å². The number of nitrogens with one attached hydrogen (secondary N) is 1. The van der Waals surface area contributed by atoms with Gasteiger partial charge in [0.25, 0.3) is 11.8 Å². The third-order valence-electron chi connectivity index (χ3n) is 8.95. The zero-order valence-electron chi connectivity index (χ0n) is 23.1. The number of oxime groups is 1. The number of likely N-dealkylation sites (tertiary alicyclic amines) is 1. The standard InChI is InChI=1S/C29H37N7O4/c1-18(33-40-2)28(38)36-14-19-11-22(12-19)27(36)32-26-13-23(30-17-31-26)29(39)35-10-8-24(25(37)16-35)34-9-7-20-5-3-4-6-21(20)15-34/h3-6,13,17,19,22,24-25,27,37H,7-12,14-16H2,1-2H3,(H,30,31,32)/b33-18+/t19?,22?,24-,25-,27?/m1/s1. The first-order chi connectivity index (χ1) is 19.4. The number of aliphatic hydroxyl groups excluding tert-OH is 1. The van der Waals surface area contributed by atoms with Crippen LogP contribution in [-0.2, 0) is 22.6 Å². The molecule has 5 heterocycles. The van der Waals surface area contributed by atoms with E-state index < -0.39 is 6.10 Å². The number of benzene rings is 1. The van der Waals surface area contributed by atoms with E-state index in [2.05, 4.69) is 49.6 Å². The lowest BCUT2D eigenvalue weighted by Gasteiger charge is -2.53. The van der Waals surface area contributed by atoms with Crippen LogP contribution in [0.3, 0.4) is 0 Å². The number of aromatic nitrogens is 2. The number of carbonyl (C=O) groups excluding carboxylic acids is 2. The molecule has 1 aliphatic carbocycles. The quantitative estimate of drug-likeness (QED) is 0.414. The van der Waals surface area contributed by atoms with Gasteiger partial charge in [0.15, 0.2) is 0 Å². The topological polar surface area (TPSA) is 123 Å². The molecule has 3 atom stereocenters. The zero-order valence-corrected chi connectivity index (χ0v) is 23.1. The van der Waals surface area contributed by atoms with Crippen molar-refractivity contribution in [1.29, 1.82) is 0 Å². The van der Waals surface area contributed by atoms with Crippen molar-refractivity contribution in [1.82, 2.24) is 24.7 Å². The Bertz CT molecular complexity index is 1300. The van der Waals surface area contributed by atoms with Crippen molar-refractivity contribution < 1.29 is 19.5 Å². The van der Waals surface area contributed by atoms with Crippen LogP contribution < -0.4 is 5.32 Å². The molecule has 11 nitrogen and oxygen atoms in total. The minimum absolute atomic E-state index is 0.0197. The van der Waals surface area contributed by atoms with Gasteiger partial charge in [-0.1, -0.05) is 29.4 Å². The van der Waals surface area contributed by atoms with E-state index in [1.165, 1.54) is 24.6 Å². The minimum Gasteiger partial charge on any atom is -0.399 e. The molecule has 2 bridgehead atoms. The number of amides is 2. The molecule has 40 heavy (non-hydrogen) atoms. The second-order valence-corrected chi connectivity index (χ2v) is 11.5. The largest absolute Gasteiger partial charge is 0.399 e. The summed E-state index contributed by atoms with van der Waals surface area (Å²) in [5.41, 5.74) is 3.26. The van der Waals surface area contributed by atoms with E-state index in [0.29, 0.717) is 42.9 Å². The highest BCUT2D eigenvalue weighted by molar-refractivity contribution is 6.37. The van der Waals surface area contributed by atoms with Gasteiger partial charge < -0.3 is 25.1 Å². The molecular formula is C29H37N7O4. The number of carbonyl (C=O) groups is 2. The third-order valence-corrected chi connectivity index (χ3v) is 8.95. The SMILES string of the molecule is CO/N=C(\C)C(=O)N1CC2CC(C2)C1Nc1cc(C(=O)N2CC[C@@H](N3CCc4ccccc4C3)[C@H](O)C2)ncn1. The molecule has 1 unspecified atom stereocenters. The maximum atomic E-state index is 13.4. The molecule has 212 valence electrons. The highest BCUT2D eigenvalue weighted by Gasteiger charge is 2.47. The van der Waals surface area contributed by atoms with E-state index in [1.54, 1.807) is 22.8 Å². The average molecular weight is 548 g/mol. The van der Waals surface area contributed by atoms with Crippen LogP contribution in [0.1, 0.15) is 47.8 Å². The molecule has 3 saturated heterocycles. The first-order valence-electron chi connectivity index (χ1n) is 14.2. The fourth-order valence-electron chi connectivity index (χ4n) is 6.83. The van der Waals surface area contributed by atoms with Crippen LogP contribution in [0.2, 0.25) is 0 Å². The molecule has 1 saturated carbocycles. The Labute approximate surface area is 234 Å². The van der Waals surface area contributed by atoms with Gasteiger partial charge in [-0.05, 0) is 55.6 Å². The fourth-order valence-corrected chi connectivity index (χ4v) is 6.83. The number of hydrogen-bond donors (Lipinski definition) is 2. The van der Waals surface area contributed by atoms with Crippen LogP contribution in [0.5, 0.6) is 0 Å². The number of anilines is 1. The van der Waals surface area contributed by atoms with Crippen molar-refractivity contribution >= 4 is 23.3 Å². The number of piperidine rings is 3. The van der Waals surface area contributed by atoms with Crippen LogP contribution in [0.4, 0.5) is 5.82 Å². The van der Waals surface area contributed by atoms with Crippen LogP contribution in [0.15, 0.2) is 41.8 Å². The van der Waals surface area contributed by atoms with E-state index in [9.17, 15) is 14.7 Å². The van der Waals surface area contributed by atoms with Gasteiger partial charge in [-0.2, -0.15) is 0 Å². The molecule has 2 amide bonds. The second kappa shape index (κ2) is 11.1. The molecule has 1 aromatic heterocycles. The lowest BCUT2D eigenvalue weighted by atomic mass is 9.69. The highest BCUT2D eigenvalue weighted by atomic mass is 16.6. The minimum atomic E-state index is -0.632. The van der Waals surface area contributed by atoms with Gasteiger partial charge in [0.05, 0.1) is 6.10 Å². The monoisotopic (exact) mass is 547 g/mol. The van der Waals surface area contributed by atoms with Gasteiger partial charge in [0.2, 0.25) is 0 Å². The van der Waals surface area contributed by atoms with Gasteiger partial charge in [-0.3, -0.25) is 14.5 Å². The van der Waals surface area contributed by atoms with E-state index in [1.807, 2.05) is 0 Å². The van der Waals surface area contributed by atoms with Gasteiger partial charge >= 0.3 is 0 Å². The van der Waals surface area contributed by atoms with Crippen molar-refractivity contribution in [3.05, 3.63) is 53.5 Å². The molecule has 5 aliphatic rings. The van der Waals surface area contributed by atoms with Crippen LogP contribution >= 0.6 is 0 Å². The lowest BCUT2D eigenvalue weighted by molar-refractivity contribution is -0.135. The molecule has 2 N–H and O–H groups in total. The second-order valence-electron chi connectivity index (χ2n) is 11.5.